The molecule has 0 aliphatic rings. The van der Waals surface area contributed by atoms with Crippen molar-refractivity contribution in [2.75, 3.05) is 11.4 Å². The molecule has 0 aliphatic carbocycles. The normalized spacial score (nSPS) is 11.1. The molecule has 100 valence electrons. The van der Waals surface area contributed by atoms with E-state index >= 15 is 0 Å². The summed E-state index contributed by atoms with van der Waals surface area (Å²) in [6, 6.07) is 8.36. The van der Waals surface area contributed by atoms with Crippen LogP contribution in [-0.4, -0.2) is 18.4 Å². The summed E-state index contributed by atoms with van der Waals surface area (Å²) >= 11 is 0. The summed E-state index contributed by atoms with van der Waals surface area (Å²) in [4.78, 5) is 14.3. The lowest BCUT2D eigenvalue weighted by Gasteiger charge is -2.32. The van der Waals surface area contributed by atoms with Crippen LogP contribution in [0.1, 0.15) is 51.4 Å². The van der Waals surface area contributed by atoms with Crippen molar-refractivity contribution in [2.24, 2.45) is 5.92 Å². The summed E-state index contributed by atoms with van der Waals surface area (Å²) in [7, 11) is 0. The Morgan fingerprint density at radius 3 is 2.28 bits per heavy atom. The van der Waals surface area contributed by atoms with Gasteiger partial charge in [-0.25, -0.2) is 0 Å². The first kappa shape index (κ1) is 14.7. The number of Topliss-reactive ketones (excluding diaryl/α,β-unsaturated/α-hetero) is 1. The largest absolute Gasteiger partial charge is 0.368 e. The Hall–Kier alpha value is -1.31. The van der Waals surface area contributed by atoms with E-state index in [1.165, 1.54) is 0 Å². The lowest BCUT2D eigenvalue weighted by Crippen LogP contribution is -2.35. The van der Waals surface area contributed by atoms with Crippen molar-refractivity contribution in [3.05, 3.63) is 29.8 Å². The highest BCUT2D eigenvalue weighted by Gasteiger charge is 2.18. The molecule has 18 heavy (non-hydrogen) atoms. The van der Waals surface area contributed by atoms with Crippen LogP contribution in [0.2, 0.25) is 0 Å². The van der Waals surface area contributed by atoms with Crippen molar-refractivity contribution in [3.63, 3.8) is 0 Å². The van der Waals surface area contributed by atoms with Gasteiger partial charge in [-0.3, -0.25) is 4.79 Å². The number of nitrogens with zero attached hydrogens (tertiary/aromatic N) is 1. The van der Waals surface area contributed by atoms with Gasteiger partial charge in [-0.15, -0.1) is 0 Å². The molecule has 2 nitrogen and oxygen atoms in total. The van der Waals surface area contributed by atoms with Crippen molar-refractivity contribution in [1.29, 1.82) is 0 Å². The summed E-state index contributed by atoms with van der Waals surface area (Å²) in [5.41, 5.74) is 1.93. The van der Waals surface area contributed by atoms with Crippen LogP contribution in [0.25, 0.3) is 0 Å². The van der Waals surface area contributed by atoms with Gasteiger partial charge >= 0.3 is 0 Å². The average molecular weight is 247 g/mol. The number of benzene rings is 1. The van der Waals surface area contributed by atoms with Crippen LogP contribution in [0.5, 0.6) is 0 Å². The summed E-state index contributed by atoms with van der Waals surface area (Å²) < 4.78 is 0. The van der Waals surface area contributed by atoms with Crippen molar-refractivity contribution >= 4 is 11.5 Å². The van der Waals surface area contributed by atoms with Gasteiger partial charge in [0.1, 0.15) is 0 Å². The molecule has 1 aromatic carbocycles. The van der Waals surface area contributed by atoms with Crippen molar-refractivity contribution in [1.82, 2.24) is 0 Å². The zero-order valence-electron chi connectivity index (χ0n) is 12.2. The third-order valence-electron chi connectivity index (χ3n) is 3.02. The van der Waals surface area contributed by atoms with Crippen LogP contribution >= 0.6 is 0 Å². The van der Waals surface area contributed by atoms with E-state index in [0.29, 0.717) is 18.4 Å². The quantitative estimate of drug-likeness (QED) is 0.704. The Labute approximate surface area is 111 Å². The number of hydrogen-bond acceptors (Lipinski definition) is 2. The second-order valence-corrected chi connectivity index (χ2v) is 5.43. The third-order valence-corrected chi connectivity index (χ3v) is 3.02. The number of carbonyl (C=O) groups is 1. The van der Waals surface area contributed by atoms with Crippen LogP contribution in [0, 0.1) is 5.92 Å². The van der Waals surface area contributed by atoms with Crippen molar-refractivity contribution in [2.45, 2.75) is 47.1 Å². The summed E-state index contributed by atoms with van der Waals surface area (Å²) in [6.45, 7) is 11.7. The van der Waals surface area contributed by atoms with Gasteiger partial charge in [-0.05, 0) is 31.9 Å². The Morgan fingerprint density at radius 1 is 1.17 bits per heavy atom. The minimum Gasteiger partial charge on any atom is -0.368 e. The zero-order valence-corrected chi connectivity index (χ0v) is 12.2. The number of rotatable bonds is 6. The maximum Gasteiger partial charge on any atom is 0.164 e. The Bertz CT molecular complexity index is 396. The molecule has 0 aromatic heterocycles. The standard InChI is InChI=1S/C16H25NO/c1-6-16(18)14-9-7-8-10-15(14)17(13(4)5)11-12(2)3/h7-10,12-13H,6,11H2,1-5H3. The molecule has 0 saturated carbocycles. The van der Waals surface area contributed by atoms with Crippen LogP contribution in [0.3, 0.4) is 0 Å². The monoisotopic (exact) mass is 247 g/mol. The molecule has 0 heterocycles. The predicted octanol–water partition coefficient (Wildman–Crippen LogP) is 4.15. The topological polar surface area (TPSA) is 20.3 Å². The van der Waals surface area contributed by atoms with E-state index < -0.39 is 0 Å². The maximum absolute atomic E-state index is 12.0. The third kappa shape index (κ3) is 3.59. The van der Waals surface area contributed by atoms with Crippen molar-refractivity contribution < 1.29 is 4.79 Å². The van der Waals surface area contributed by atoms with E-state index in [4.69, 9.17) is 0 Å². The number of carbonyl (C=O) groups excluding carboxylic acids is 1. The Balaban J connectivity index is 3.15. The number of anilines is 1. The highest BCUT2D eigenvalue weighted by atomic mass is 16.1. The number of ketones is 1. The SMILES string of the molecule is CCC(=O)c1ccccc1N(CC(C)C)C(C)C. The second kappa shape index (κ2) is 6.58. The first-order chi connectivity index (χ1) is 8.47. The smallest absolute Gasteiger partial charge is 0.164 e. The molecule has 0 N–H and O–H groups in total. The van der Waals surface area contributed by atoms with Gasteiger partial charge in [0.25, 0.3) is 0 Å². The second-order valence-electron chi connectivity index (χ2n) is 5.43. The molecule has 1 aromatic rings. The van der Waals surface area contributed by atoms with Gasteiger partial charge in [-0.2, -0.15) is 0 Å². The highest BCUT2D eigenvalue weighted by Crippen LogP contribution is 2.24. The van der Waals surface area contributed by atoms with Gasteiger partial charge in [-0.1, -0.05) is 32.9 Å². The molecule has 0 bridgehead atoms. The molecular formula is C16H25NO. The van der Waals surface area contributed by atoms with Gasteiger partial charge in [0.2, 0.25) is 0 Å². The van der Waals surface area contributed by atoms with Crippen molar-refractivity contribution in [3.8, 4) is 0 Å². The van der Waals surface area contributed by atoms with Crippen LogP contribution in [0.15, 0.2) is 24.3 Å². The average Bonchev–Trinajstić information content (AvgIpc) is 2.34. The molecule has 0 amide bonds. The highest BCUT2D eigenvalue weighted by molar-refractivity contribution is 6.01. The van der Waals surface area contributed by atoms with E-state index in [-0.39, 0.29) is 5.78 Å². The first-order valence-electron chi connectivity index (χ1n) is 6.86. The maximum atomic E-state index is 12.0. The fourth-order valence-corrected chi connectivity index (χ4v) is 2.13. The Morgan fingerprint density at radius 2 is 1.78 bits per heavy atom. The first-order valence-corrected chi connectivity index (χ1v) is 6.86. The minimum atomic E-state index is 0.222. The van der Waals surface area contributed by atoms with Crippen LogP contribution in [-0.2, 0) is 0 Å². The van der Waals surface area contributed by atoms with E-state index in [1.54, 1.807) is 0 Å². The molecule has 0 radical (unpaired) electrons. The molecular weight excluding hydrogens is 222 g/mol. The number of para-hydroxylation sites is 1. The Kier molecular flexibility index (Phi) is 5.39. The molecule has 0 atom stereocenters. The molecule has 0 unspecified atom stereocenters. The van der Waals surface area contributed by atoms with Crippen LogP contribution in [0.4, 0.5) is 5.69 Å². The van der Waals surface area contributed by atoms with E-state index in [1.807, 2.05) is 25.1 Å². The minimum absolute atomic E-state index is 0.222. The van der Waals surface area contributed by atoms with Crippen LogP contribution < -0.4 is 4.90 Å². The van der Waals surface area contributed by atoms with Gasteiger partial charge in [0.15, 0.2) is 5.78 Å². The molecule has 0 aliphatic heterocycles. The van der Waals surface area contributed by atoms with E-state index in [2.05, 4.69) is 38.7 Å². The van der Waals surface area contributed by atoms with Gasteiger partial charge in [0.05, 0.1) is 0 Å². The zero-order chi connectivity index (χ0) is 13.7. The lowest BCUT2D eigenvalue weighted by atomic mass is 10.0. The molecule has 1 rings (SSSR count). The summed E-state index contributed by atoms with van der Waals surface area (Å²) in [5, 5.41) is 0. The summed E-state index contributed by atoms with van der Waals surface area (Å²) in [5.74, 6) is 0.803. The summed E-state index contributed by atoms with van der Waals surface area (Å²) in [6.07, 6.45) is 0.560. The molecule has 0 spiro atoms. The predicted molar refractivity (Wildman–Crippen MR) is 78.4 cm³/mol. The molecule has 0 fully saturated rings. The van der Waals surface area contributed by atoms with Gasteiger partial charge in [0, 0.05) is 30.3 Å². The molecule has 2 heteroatoms. The van der Waals surface area contributed by atoms with E-state index in [9.17, 15) is 4.79 Å². The lowest BCUT2D eigenvalue weighted by molar-refractivity contribution is 0.0988. The fourth-order valence-electron chi connectivity index (χ4n) is 2.13. The fraction of sp³-hybridized carbons (Fsp3) is 0.562. The van der Waals surface area contributed by atoms with E-state index in [0.717, 1.165) is 17.8 Å². The molecule has 0 saturated heterocycles. The van der Waals surface area contributed by atoms with Gasteiger partial charge < -0.3 is 4.90 Å². The number of hydrogen-bond donors (Lipinski definition) is 0.